The van der Waals surface area contributed by atoms with Crippen LogP contribution in [-0.2, 0) is 95.8 Å². The summed E-state index contributed by atoms with van der Waals surface area (Å²) >= 11 is 0. The summed E-state index contributed by atoms with van der Waals surface area (Å²) in [6.45, 7) is 15.7. The molecule has 0 fully saturated rings. The number of benzene rings is 4. The van der Waals surface area contributed by atoms with Gasteiger partial charge in [-0.15, -0.1) is 0 Å². The Morgan fingerprint density at radius 2 is 0.345 bits per heavy atom. The van der Waals surface area contributed by atoms with Gasteiger partial charge in [0.25, 0.3) is 0 Å². The van der Waals surface area contributed by atoms with E-state index >= 15 is 67.3 Å². The fourth-order valence-corrected chi connectivity index (χ4v) is 29.0. The Bertz CT molecular complexity index is 5030. The number of fused-ring (bicyclic) bond motifs is 20. The Hall–Kier alpha value is -5.64. The van der Waals surface area contributed by atoms with Gasteiger partial charge < -0.3 is 29.9 Å². The van der Waals surface area contributed by atoms with Crippen molar-refractivity contribution < 1.29 is 84.4 Å². The Labute approximate surface area is 681 Å². The summed E-state index contributed by atoms with van der Waals surface area (Å²) in [5.74, 6) is -5.17. The third-order valence-corrected chi connectivity index (χ3v) is 36.0. The molecular weight excluding hydrogens is 1650 g/mol. The average molecular weight is 1760 g/mol. The van der Waals surface area contributed by atoms with E-state index in [0.717, 1.165) is 99.9 Å². The van der Waals surface area contributed by atoms with Gasteiger partial charge in [-0.2, -0.15) is 0 Å². The average Bonchev–Trinajstić information content (AvgIpc) is 1.61. The molecule has 2 aliphatic heterocycles. The largest absolute Gasteiger partial charge is 2.00 e. The van der Waals surface area contributed by atoms with Crippen LogP contribution < -0.4 is 9.97 Å². The monoisotopic (exact) mass is 1760 g/mol. The van der Waals surface area contributed by atoms with Crippen LogP contribution in [0.5, 0.6) is 0 Å². The van der Waals surface area contributed by atoms with Gasteiger partial charge in [0.15, 0.2) is 78.7 Å². The molecule has 0 saturated heterocycles. The molecule has 0 aliphatic carbocycles. The predicted molar refractivity (Wildman–Crippen MR) is 444 cm³/mol. The van der Waals surface area contributed by atoms with Crippen molar-refractivity contribution in [3.05, 3.63) is 48.5 Å². The summed E-state index contributed by atoms with van der Waals surface area (Å²) in [5.41, 5.74) is -1.98. The molecule has 9 rings (SSSR count). The summed E-state index contributed by atoms with van der Waals surface area (Å²) in [7, 11) is -36.1. The number of rotatable bonds is 48. The van der Waals surface area contributed by atoms with E-state index in [4.69, 9.17) is 39.9 Å². The number of hydrogen-bond donors (Lipinski definition) is 0. The van der Waals surface area contributed by atoms with Gasteiger partial charge in [-0.05, 0) is 121 Å². The van der Waals surface area contributed by atoms with Crippen LogP contribution in [0.25, 0.3) is 89.7 Å². The van der Waals surface area contributed by atoms with Gasteiger partial charge in [0.1, 0.15) is 0 Å². The second-order valence-corrected chi connectivity index (χ2v) is 46.5. The van der Waals surface area contributed by atoms with Crippen LogP contribution >= 0.6 is 0 Å². The van der Waals surface area contributed by atoms with Gasteiger partial charge in [-0.3, -0.25) is 0 Å². The molecule has 5 heterocycles. The smallest absolute Gasteiger partial charge is 0.357 e. The van der Waals surface area contributed by atoms with Crippen LogP contribution in [0.15, 0.2) is 87.7 Å². The predicted octanol–water partition coefficient (Wildman–Crippen LogP) is 17.0. The maximum absolute atomic E-state index is 15.1. The van der Waals surface area contributed by atoms with Crippen molar-refractivity contribution in [1.82, 2.24) is 39.9 Å². The molecule has 627 valence electrons. The Balaban J connectivity index is 0.0000160. The van der Waals surface area contributed by atoms with Gasteiger partial charge in [-0.25, -0.2) is 77.3 Å². The molecular formula is C80H112CuN8O16S8. The molecule has 1 radical (unpaired) electrons. The zero-order valence-corrected chi connectivity index (χ0v) is 74.1. The van der Waals surface area contributed by atoms with E-state index in [0.29, 0.717) is 103 Å². The molecule has 3 aromatic heterocycles. The second-order valence-electron chi connectivity index (χ2n) is 29.9. The number of nitrogens with zero attached hydrogens (tertiary/aromatic N) is 8. The molecule has 8 bridgehead atoms. The van der Waals surface area contributed by atoms with Gasteiger partial charge >= 0.3 is 17.1 Å². The van der Waals surface area contributed by atoms with Crippen molar-refractivity contribution in [2.45, 2.75) is 300 Å². The minimum atomic E-state index is -4.51. The first kappa shape index (κ1) is 92.9. The maximum atomic E-state index is 15.1. The third kappa shape index (κ3) is 22.6. The van der Waals surface area contributed by atoms with Crippen molar-refractivity contribution in [2.24, 2.45) is 0 Å². The minimum Gasteiger partial charge on any atom is -0.357 e. The molecule has 113 heavy (non-hydrogen) atoms. The van der Waals surface area contributed by atoms with Crippen molar-refractivity contribution in [3.63, 3.8) is 0 Å². The summed E-state index contributed by atoms with van der Waals surface area (Å²) in [4.78, 5) is 35.4. The van der Waals surface area contributed by atoms with E-state index in [1.54, 1.807) is 0 Å². The molecule has 0 unspecified atom stereocenters. The molecule has 0 saturated carbocycles. The first-order chi connectivity index (χ1) is 53.2. The SMILES string of the molecule is CCCCCCS(=O)(=O)c1cc2c(cc1S(=O)(=O)CCCCCC)-c1nc-2nc2[n-]c(nc3nc(nc4[n-]c(n1)c1cc(S(=O)(=O)CCCCCC)c(S(=O)(=O)CCCCCC)cc41)-c1cc(S(=O)(=O)CCCCCC)c(S(=O)(=O)CCCCCC)cc1-3)c1cc(S(=O)(=O)CCCCCC)c(S(=O)(=O)CCCCCC)cc21.[Cu+2]. The van der Waals surface area contributed by atoms with Crippen LogP contribution in [-0.4, -0.2) is 143 Å². The van der Waals surface area contributed by atoms with Gasteiger partial charge in [0.2, 0.25) is 0 Å². The van der Waals surface area contributed by atoms with Gasteiger partial charge in [0, 0.05) is 44.8 Å². The molecule has 0 N–H and O–H groups in total. The van der Waals surface area contributed by atoms with Crippen molar-refractivity contribution >= 4 is 123 Å². The van der Waals surface area contributed by atoms with Crippen LogP contribution in [0, 0.1) is 0 Å². The zero-order chi connectivity index (χ0) is 81.5. The summed E-state index contributed by atoms with van der Waals surface area (Å²) in [5, 5.41) is -0.482. The number of unbranched alkanes of at least 4 members (excludes halogenated alkanes) is 24. The molecule has 4 aromatic carbocycles. The van der Waals surface area contributed by atoms with Gasteiger partial charge in [0.05, 0.1) is 108 Å². The first-order valence-electron chi connectivity index (χ1n) is 40.5. The molecule has 33 heteroatoms. The topological polar surface area (TPSA) is 379 Å². The van der Waals surface area contributed by atoms with E-state index in [1.165, 1.54) is 0 Å². The maximum Gasteiger partial charge on any atom is 2.00 e. The van der Waals surface area contributed by atoms with E-state index in [2.05, 4.69) is 0 Å². The van der Waals surface area contributed by atoms with Gasteiger partial charge in [-0.1, -0.05) is 209 Å². The molecule has 0 amide bonds. The summed E-state index contributed by atoms with van der Waals surface area (Å²) in [6.07, 6.45) is 17.0. The first-order valence-corrected chi connectivity index (χ1v) is 53.7. The molecule has 0 atom stereocenters. The Kier molecular flexibility index (Phi) is 33.4. The fourth-order valence-electron chi connectivity index (χ4n) is 14.3. The fraction of sp³-hybridized carbons (Fsp3) is 0.600. The van der Waals surface area contributed by atoms with Crippen molar-refractivity contribution in [3.8, 4) is 45.6 Å². The molecule has 7 aromatic rings. The zero-order valence-electron chi connectivity index (χ0n) is 66.6. The summed E-state index contributed by atoms with van der Waals surface area (Å²) < 4.78 is 242. The third-order valence-electron chi connectivity index (χ3n) is 20.8. The van der Waals surface area contributed by atoms with Crippen LogP contribution in [0.2, 0.25) is 0 Å². The number of hydrogen-bond acceptors (Lipinski definition) is 22. The minimum absolute atomic E-state index is 0. The quantitative estimate of drug-likeness (QED) is 0.0252. The Morgan fingerprint density at radius 3 is 0.487 bits per heavy atom. The molecule has 0 spiro atoms. The van der Waals surface area contributed by atoms with E-state index in [1.807, 2.05) is 55.4 Å². The van der Waals surface area contributed by atoms with Crippen molar-refractivity contribution in [2.75, 3.05) is 46.0 Å². The normalized spacial score (nSPS) is 13.1. The van der Waals surface area contributed by atoms with E-state index in [-0.39, 0.29) is 158 Å². The molecule has 24 nitrogen and oxygen atoms in total. The Morgan fingerprint density at radius 1 is 0.204 bits per heavy atom. The summed E-state index contributed by atoms with van der Waals surface area (Å²) in [6, 6.07) is 9.24. The van der Waals surface area contributed by atoms with E-state index in [9.17, 15) is 0 Å². The van der Waals surface area contributed by atoms with Crippen molar-refractivity contribution in [1.29, 1.82) is 0 Å². The van der Waals surface area contributed by atoms with Crippen LogP contribution in [0.3, 0.4) is 0 Å². The van der Waals surface area contributed by atoms with Crippen LogP contribution in [0.4, 0.5) is 0 Å². The second kappa shape index (κ2) is 40.7. The number of aromatic nitrogens is 8. The number of sulfone groups is 8. The standard InChI is InChI=1S/C80H112N8O16S8.Cu/c1-9-17-25-33-41-105(89,90)65-49-57-58(50-66(65)106(91,92)42-34-26-18-10-2)74-81-73(57)85-75-59-51-67(107(93,94)43-35-27-19-11-3)68(108(95,96)44-36-28-20-12-4)52-60(59)77(82-75)87-79-63-55-71(111(101,102)47-39-31-23-15-7)72(112(103,104)48-40-32-24-16-8)56-64(63)80(84-79)88-78-62-54-70(110(99,100)46-38-30-22-14-6)69(53-61(62)76(83-78)86-74)109(97,98)45-37-29-21-13-5;/h49-56H,9-48H2,1-8H3;/q-2;+2. The van der Waals surface area contributed by atoms with E-state index < -0.39 is 164 Å². The molecule has 2 aliphatic rings. The van der Waals surface area contributed by atoms with Crippen LogP contribution in [0.1, 0.15) is 261 Å².